The molecule has 114 valence electrons. The number of fused-ring (bicyclic) bond motifs is 1. The first-order valence-corrected chi connectivity index (χ1v) is 8.09. The van der Waals surface area contributed by atoms with Gasteiger partial charge in [-0.05, 0) is 62.3 Å². The van der Waals surface area contributed by atoms with Crippen LogP contribution in [0, 0.1) is 12.8 Å². The number of amides is 1. The number of nitrogens with zero attached hydrogens (tertiary/aromatic N) is 1. The van der Waals surface area contributed by atoms with E-state index in [4.69, 9.17) is 5.84 Å². The van der Waals surface area contributed by atoms with Crippen LogP contribution in [-0.2, 0) is 0 Å². The average molecular weight is 287 g/mol. The molecule has 2 unspecified atom stereocenters. The Morgan fingerprint density at radius 3 is 2.76 bits per heavy atom. The molecule has 0 bridgehead atoms. The second-order valence-corrected chi connectivity index (χ2v) is 6.43. The second kappa shape index (κ2) is 6.06. The minimum atomic E-state index is 0.202. The molecule has 2 fully saturated rings. The third-order valence-electron chi connectivity index (χ3n) is 5.13. The molecule has 21 heavy (non-hydrogen) atoms. The number of likely N-dealkylation sites (tertiary alicyclic amines) is 1. The van der Waals surface area contributed by atoms with Crippen molar-refractivity contribution in [3.05, 3.63) is 29.3 Å². The number of anilines is 1. The third kappa shape index (κ3) is 2.77. The first kappa shape index (κ1) is 14.4. The second-order valence-electron chi connectivity index (χ2n) is 6.43. The van der Waals surface area contributed by atoms with E-state index in [1.54, 1.807) is 0 Å². The van der Waals surface area contributed by atoms with E-state index in [0.717, 1.165) is 35.7 Å². The highest BCUT2D eigenvalue weighted by molar-refractivity contribution is 5.96. The highest BCUT2D eigenvalue weighted by Crippen LogP contribution is 2.36. The summed E-state index contributed by atoms with van der Waals surface area (Å²) in [7, 11) is 0. The van der Waals surface area contributed by atoms with Crippen molar-refractivity contribution in [3.63, 3.8) is 0 Å². The van der Waals surface area contributed by atoms with Crippen LogP contribution in [0.2, 0.25) is 0 Å². The standard InChI is InChI=1S/C17H25N3O/c1-12-11-14(19-18)8-9-15(12)17(21)20-10-4-6-13-5-2-3-7-16(13)20/h8-9,11,13,16,19H,2-7,10,18H2,1H3. The van der Waals surface area contributed by atoms with Gasteiger partial charge in [0.2, 0.25) is 0 Å². The summed E-state index contributed by atoms with van der Waals surface area (Å²) in [5.74, 6) is 6.36. The molecule has 2 aliphatic rings. The Bertz CT molecular complexity index is 527. The zero-order valence-electron chi connectivity index (χ0n) is 12.8. The molecule has 1 amide bonds. The van der Waals surface area contributed by atoms with Gasteiger partial charge in [-0.15, -0.1) is 0 Å². The molecule has 1 saturated heterocycles. The summed E-state index contributed by atoms with van der Waals surface area (Å²) in [6, 6.07) is 6.18. The Morgan fingerprint density at radius 1 is 1.24 bits per heavy atom. The number of aryl methyl sites for hydroxylation is 1. The Morgan fingerprint density at radius 2 is 2.00 bits per heavy atom. The van der Waals surface area contributed by atoms with Gasteiger partial charge in [-0.3, -0.25) is 10.6 Å². The molecule has 0 spiro atoms. The highest BCUT2D eigenvalue weighted by atomic mass is 16.2. The summed E-state index contributed by atoms with van der Waals surface area (Å²) in [6.07, 6.45) is 7.51. The fraction of sp³-hybridized carbons (Fsp3) is 0.588. The lowest BCUT2D eigenvalue weighted by atomic mass is 9.78. The molecule has 1 aliphatic heterocycles. The van der Waals surface area contributed by atoms with Gasteiger partial charge in [-0.25, -0.2) is 0 Å². The Labute approximate surface area is 126 Å². The number of nitrogen functional groups attached to an aromatic ring is 1. The lowest BCUT2D eigenvalue weighted by Gasteiger charge is -2.44. The van der Waals surface area contributed by atoms with Gasteiger partial charge in [0.1, 0.15) is 0 Å². The lowest BCUT2D eigenvalue weighted by molar-refractivity contribution is 0.0390. The van der Waals surface area contributed by atoms with E-state index in [2.05, 4.69) is 10.3 Å². The van der Waals surface area contributed by atoms with Crippen LogP contribution >= 0.6 is 0 Å². The molecule has 0 radical (unpaired) electrons. The van der Waals surface area contributed by atoms with Crippen molar-refractivity contribution in [2.75, 3.05) is 12.0 Å². The largest absolute Gasteiger partial charge is 0.335 e. The quantitative estimate of drug-likeness (QED) is 0.649. The molecule has 2 atom stereocenters. The number of benzene rings is 1. The smallest absolute Gasteiger partial charge is 0.254 e. The van der Waals surface area contributed by atoms with E-state index in [-0.39, 0.29) is 5.91 Å². The van der Waals surface area contributed by atoms with E-state index in [0.29, 0.717) is 6.04 Å². The van der Waals surface area contributed by atoms with Crippen LogP contribution in [0.1, 0.15) is 54.4 Å². The van der Waals surface area contributed by atoms with Crippen molar-refractivity contribution in [1.29, 1.82) is 0 Å². The zero-order chi connectivity index (χ0) is 14.8. The molecule has 0 aromatic heterocycles. The molecule has 3 rings (SSSR count). The zero-order valence-corrected chi connectivity index (χ0v) is 12.8. The number of hydrogen-bond donors (Lipinski definition) is 2. The first-order valence-electron chi connectivity index (χ1n) is 8.09. The molecule has 4 nitrogen and oxygen atoms in total. The van der Waals surface area contributed by atoms with E-state index in [1.165, 1.54) is 32.1 Å². The van der Waals surface area contributed by atoms with Crippen LogP contribution in [0.3, 0.4) is 0 Å². The van der Waals surface area contributed by atoms with Crippen LogP contribution in [0.5, 0.6) is 0 Å². The van der Waals surface area contributed by atoms with Gasteiger partial charge in [0.05, 0.1) is 0 Å². The maximum Gasteiger partial charge on any atom is 0.254 e. The number of carbonyl (C=O) groups excluding carboxylic acids is 1. The maximum absolute atomic E-state index is 12.9. The first-order chi connectivity index (χ1) is 10.2. The predicted molar refractivity (Wildman–Crippen MR) is 85.0 cm³/mol. The topological polar surface area (TPSA) is 58.4 Å². The number of nitrogens with two attached hydrogens (primary N) is 1. The van der Waals surface area contributed by atoms with Crippen LogP contribution in [0.4, 0.5) is 5.69 Å². The predicted octanol–water partition coefficient (Wildman–Crippen LogP) is 3.08. The number of hydrazine groups is 1. The number of piperidine rings is 1. The van der Waals surface area contributed by atoms with Crippen molar-refractivity contribution in [2.45, 2.75) is 51.5 Å². The average Bonchev–Trinajstić information content (AvgIpc) is 2.53. The third-order valence-corrected chi connectivity index (χ3v) is 5.13. The normalized spacial score (nSPS) is 25.3. The van der Waals surface area contributed by atoms with E-state index < -0.39 is 0 Å². The molecule has 4 heteroatoms. The molecular formula is C17H25N3O. The van der Waals surface area contributed by atoms with Gasteiger partial charge in [0.15, 0.2) is 0 Å². The Kier molecular flexibility index (Phi) is 4.15. The molecule has 1 saturated carbocycles. The van der Waals surface area contributed by atoms with Crippen molar-refractivity contribution >= 4 is 11.6 Å². The van der Waals surface area contributed by atoms with Gasteiger partial charge >= 0.3 is 0 Å². The minimum absolute atomic E-state index is 0.202. The maximum atomic E-state index is 12.9. The van der Waals surface area contributed by atoms with Crippen molar-refractivity contribution in [3.8, 4) is 0 Å². The van der Waals surface area contributed by atoms with Gasteiger partial charge < -0.3 is 10.3 Å². The Balaban J connectivity index is 1.83. The molecule has 1 aliphatic carbocycles. The Hall–Kier alpha value is -1.55. The van der Waals surface area contributed by atoms with Crippen LogP contribution in [0.25, 0.3) is 0 Å². The summed E-state index contributed by atoms with van der Waals surface area (Å²) in [5.41, 5.74) is 5.29. The van der Waals surface area contributed by atoms with Gasteiger partial charge in [0, 0.05) is 23.8 Å². The van der Waals surface area contributed by atoms with E-state index >= 15 is 0 Å². The molecular weight excluding hydrogens is 262 g/mol. The van der Waals surface area contributed by atoms with Crippen molar-refractivity contribution < 1.29 is 4.79 Å². The summed E-state index contributed by atoms with van der Waals surface area (Å²) in [6.45, 7) is 2.90. The van der Waals surface area contributed by atoms with Crippen LogP contribution < -0.4 is 11.3 Å². The summed E-state index contributed by atoms with van der Waals surface area (Å²) in [4.78, 5) is 15.1. The number of carbonyl (C=O) groups is 1. The molecule has 1 aromatic rings. The number of hydrogen-bond acceptors (Lipinski definition) is 3. The van der Waals surface area contributed by atoms with Crippen molar-refractivity contribution in [2.24, 2.45) is 11.8 Å². The number of nitrogens with one attached hydrogen (secondary N) is 1. The van der Waals surface area contributed by atoms with Gasteiger partial charge in [-0.1, -0.05) is 12.8 Å². The van der Waals surface area contributed by atoms with Crippen molar-refractivity contribution in [1.82, 2.24) is 4.90 Å². The fourth-order valence-corrected chi connectivity index (χ4v) is 4.03. The summed E-state index contributed by atoms with van der Waals surface area (Å²) in [5, 5.41) is 0. The SMILES string of the molecule is Cc1cc(NN)ccc1C(=O)N1CCCC2CCCCC21. The summed E-state index contributed by atoms with van der Waals surface area (Å²) < 4.78 is 0. The summed E-state index contributed by atoms with van der Waals surface area (Å²) >= 11 is 0. The lowest BCUT2D eigenvalue weighted by Crippen LogP contribution is -2.49. The number of rotatable bonds is 2. The van der Waals surface area contributed by atoms with E-state index in [9.17, 15) is 4.79 Å². The van der Waals surface area contributed by atoms with Crippen LogP contribution in [-0.4, -0.2) is 23.4 Å². The fourth-order valence-electron chi connectivity index (χ4n) is 4.03. The molecule has 1 aromatic carbocycles. The minimum Gasteiger partial charge on any atom is -0.335 e. The molecule has 1 heterocycles. The molecule has 3 N–H and O–H groups in total. The van der Waals surface area contributed by atoms with Gasteiger partial charge in [-0.2, -0.15) is 0 Å². The van der Waals surface area contributed by atoms with E-state index in [1.807, 2.05) is 25.1 Å². The monoisotopic (exact) mass is 287 g/mol. The highest BCUT2D eigenvalue weighted by Gasteiger charge is 2.36. The van der Waals surface area contributed by atoms with Gasteiger partial charge in [0.25, 0.3) is 5.91 Å². The van der Waals surface area contributed by atoms with Crippen LogP contribution in [0.15, 0.2) is 18.2 Å².